The molecule has 0 amide bonds. The van der Waals surface area contributed by atoms with E-state index in [0.717, 1.165) is 0 Å². The van der Waals surface area contributed by atoms with Gasteiger partial charge in [0.15, 0.2) is 0 Å². The van der Waals surface area contributed by atoms with Gasteiger partial charge in [-0.2, -0.15) is 0 Å². The molecule has 0 aromatic carbocycles. The Balaban J connectivity index is 1.97. The summed E-state index contributed by atoms with van der Waals surface area (Å²) in [5.41, 5.74) is 0. The van der Waals surface area contributed by atoms with Crippen molar-refractivity contribution < 1.29 is 4.84 Å². The minimum absolute atomic E-state index is 1.44. The highest BCUT2D eigenvalue weighted by Crippen LogP contribution is 1.30. The maximum absolute atomic E-state index is 4.56. The van der Waals surface area contributed by atoms with E-state index in [-0.39, 0.29) is 0 Å². The van der Waals surface area contributed by atoms with Gasteiger partial charge >= 0.3 is 0 Å². The van der Waals surface area contributed by atoms with Crippen molar-refractivity contribution in [2.45, 2.75) is 0 Å². The van der Waals surface area contributed by atoms with Gasteiger partial charge < -0.3 is 4.84 Å². The van der Waals surface area contributed by atoms with E-state index in [1.807, 2.05) is 5.39 Å². The van der Waals surface area contributed by atoms with E-state index in [1.54, 1.807) is 0 Å². The molecule has 0 saturated heterocycles. The van der Waals surface area contributed by atoms with Crippen molar-refractivity contribution in [2.75, 3.05) is 7.11 Å². The van der Waals surface area contributed by atoms with Crippen LogP contribution < -0.4 is 5.39 Å². The van der Waals surface area contributed by atoms with Gasteiger partial charge in [-0.05, 0) is 0 Å². The summed E-state index contributed by atoms with van der Waals surface area (Å²) in [6, 6.07) is 0. The molecule has 0 atom stereocenters. The zero-order valence-electron chi connectivity index (χ0n) is 2.49. The molecule has 22 valence electrons. The smallest absolute Gasteiger partial charge is 0.219 e. The Hall–Kier alpha value is -0.0151. The van der Waals surface area contributed by atoms with E-state index in [1.165, 1.54) is 7.11 Å². The molecule has 0 fully saturated rings. The first kappa shape index (κ1) is 3.98. The molecule has 0 bridgehead atoms. The fraction of sp³-hybridized carbons (Fsp3) is 1.00. The van der Waals surface area contributed by atoms with Crippen LogP contribution in [0.15, 0.2) is 0 Å². The summed E-state index contributed by atoms with van der Waals surface area (Å²) in [6.45, 7) is 0. The van der Waals surface area contributed by atoms with Crippen LogP contribution in [-0.2, 0) is 4.84 Å². The van der Waals surface area contributed by atoms with Crippen LogP contribution in [0.25, 0.3) is 0 Å². The number of hydrogen-bond donors (Lipinski definition) is 1. The fourth-order valence-electron chi connectivity index (χ4n) is 0. The summed E-state index contributed by atoms with van der Waals surface area (Å²) < 4.78 is 0. The lowest BCUT2D eigenvalue weighted by atomic mass is 10.5. The van der Waals surface area contributed by atoms with Gasteiger partial charge in [0.1, 0.15) is 0 Å². The topological polar surface area (TPSA) is 21.3 Å². The van der Waals surface area contributed by atoms with Crippen LogP contribution in [-0.4, -0.2) is 15.1 Å². The van der Waals surface area contributed by atoms with Crippen molar-refractivity contribution in [3.05, 3.63) is 0 Å². The highest BCUT2D eigenvalue weighted by atomic mass is 16.6. The van der Waals surface area contributed by atoms with E-state index in [4.69, 9.17) is 0 Å². The minimum Gasteiger partial charge on any atom is -0.318 e. The summed E-state index contributed by atoms with van der Waals surface area (Å²) in [5, 5.41) is 1.93. The van der Waals surface area contributed by atoms with Crippen molar-refractivity contribution in [3.8, 4) is 0 Å². The first-order valence-corrected chi connectivity index (χ1v) is 0.901. The Labute approximate surface area is 26.5 Å². The minimum atomic E-state index is 1.44. The van der Waals surface area contributed by atoms with E-state index in [0.29, 0.717) is 0 Å². The molecule has 0 unspecified atom stereocenters. The predicted octanol–water partition coefficient (Wildman–Crippen LogP) is -0.779. The molecule has 0 rings (SSSR count). The van der Waals surface area contributed by atoms with Crippen molar-refractivity contribution in [1.82, 2.24) is 5.39 Å². The second-order valence-corrected chi connectivity index (χ2v) is 0.322. The third-order valence-electron chi connectivity index (χ3n) is 0.118. The summed E-state index contributed by atoms with van der Waals surface area (Å²) in [5.74, 6) is 0. The predicted molar refractivity (Wildman–Crippen MR) is 15.9 cm³/mol. The first-order chi connectivity index (χ1) is 1.91. The van der Waals surface area contributed by atoms with Gasteiger partial charge in [-0.1, -0.05) is 0 Å². The van der Waals surface area contributed by atoms with Crippen LogP contribution in [0.3, 0.4) is 0 Å². The Morgan fingerprint density at radius 1 is 2.00 bits per heavy atom. The van der Waals surface area contributed by atoms with Gasteiger partial charge in [-0.25, -0.2) is 0 Å². The molecular formula is CH4BNO. The van der Waals surface area contributed by atoms with E-state index in [2.05, 4.69) is 12.8 Å². The van der Waals surface area contributed by atoms with Crippen LogP contribution in [0.1, 0.15) is 0 Å². The molecule has 0 aromatic heterocycles. The molecule has 2 radical (unpaired) electrons. The van der Waals surface area contributed by atoms with Crippen molar-refractivity contribution in [3.63, 3.8) is 0 Å². The molecule has 0 spiro atoms. The summed E-state index contributed by atoms with van der Waals surface area (Å²) in [6.07, 6.45) is 0. The normalized spacial score (nSPS) is 7.25. The quantitative estimate of drug-likeness (QED) is 0.315. The van der Waals surface area contributed by atoms with E-state index in [9.17, 15) is 0 Å². The van der Waals surface area contributed by atoms with Crippen LogP contribution >= 0.6 is 0 Å². The Kier molecular flexibility index (Phi) is 2.97. The molecular weight excluding hydrogens is 52.8 g/mol. The highest BCUT2D eigenvalue weighted by Gasteiger charge is 1.47. The second kappa shape index (κ2) is 2.98. The second-order valence-electron chi connectivity index (χ2n) is 0.322. The lowest BCUT2D eigenvalue weighted by molar-refractivity contribution is 0.156. The average Bonchev–Trinajstić information content (AvgIpc) is 1.37. The largest absolute Gasteiger partial charge is 0.318 e. The van der Waals surface area contributed by atoms with Gasteiger partial charge in [0, 0.05) is 0 Å². The zero-order chi connectivity index (χ0) is 3.41. The van der Waals surface area contributed by atoms with Gasteiger partial charge in [-0.3, -0.25) is 5.39 Å². The van der Waals surface area contributed by atoms with Crippen LogP contribution in [0.4, 0.5) is 0 Å². The number of hydrogen-bond acceptors (Lipinski definition) is 2. The van der Waals surface area contributed by atoms with Crippen molar-refractivity contribution in [2.24, 2.45) is 0 Å². The third kappa shape index (κ3) is 1.98. The SMILES string of the molecule is [B]NOC. The average molecular weight is 56.9 g/mol. The third-order valence-corrected chi connectivity index (χ3v) is 0.118. The van der Waals surface area contributed by atoms with Crippen LogP contribution in [0.5, 0.6) is 0 Å². The molecule has 0 saturated carbocycles. The number of rotatable bonds is 1. The maximum Gasteiger partial charge on any atom is 0.219 e. The van der Waals surface area contributed by atoms with Crippen molar-refractivity contribution in [1.29, 1.82) is 0 Å². The fourth-order valence-corrected chi connectivity index (χ4v) is 0. The van der Waals surface area contributed by atoms with Crippen LogP contribution in [0, 0.1) is 0 Å². The molecule has 4 heavy (non-hydrogen) atoms. The molecule has 0 aliphatic carbocycles. The summed E-state index contributed by atoms with van der Waals surface area (Å²) in [7, 11) is 6.00. The lowest BCUT2D eigenvalue weighted by Gasteiger charge is -1.80. The van der Waals surface area contributed by atoms with Gasteiger partial charge in [-0.15, -0.1) is 0 Å². The molecule has 0 aliphatic heterocycles. The molecule has 3 heteroatoms. The number of nitrogens with one attached hydrogen (secondary N) is 1. The maximum atomic E-state index is 4.56. The van der Waals surface area contributed by atoms with E-state index >= 15 is 0 Å². The molecule has 1 N–H and O–H groups in total. The van der Waals surface area contributed by atoms with Gasteiger partial charge in [0.05, 0.1) is 7.11 Å². The van der Waals surface area contributed by atoms with Crippen molar-refractivity contribution >= 4 is 7.98 Å². The Morgan fingerprint density at radius 3 is 2.25 bits per heavy atom. The van der Waals surface area contributed by atoms with Gasteiger partial charge in [0.25, 0.3) is 0 Å². The lowest BCUT2D eigenvalue weighted by Crippen LogP contribution is -2.03. The monoisotopic (exact) mass is 57.0 g/mol. The Bertz CT molecular complexity index is 10.0. The summed E-state index contributed by atoms with van der Waals surface area (Å²) >= 11 is 0. The zero-order valence-corrected chi connectivity index (χ0v) is 2.49. The molecule has 2 nitrogen and oxygen atoms in total. The standard InChI is InChI=1S/CH4BNO/c1-4-3-2/h3H,1H3. The highest BCUT2D eigenvalue weighted by molar-refractivity contribution is 6.03. The first-order valence-electron chi connectivity index (χ1n) is 0.901. The summed E-state index contributed by atoms with van der Waals surface area (Å²) in [4.78, 5) is 4.07. The molecule has 0 heterocycles. The molecule has 0 aliphatic rings. The van der Waals surface area contributed by atoms with Crippen LogP contribution in [0.2, 0.25) is 0 Å². The van der Waals surface area contributed by atoms with E-state index < -0.39 is 0 Å². The molecule has 0 aromatic rings. The van der Waals surface area contributed by atoms with Gasteiger partial charge in [0.2, 0.25) is 7.98 Å². The Morgan fingerprint density at radius 2 is 2.25 bits per heavy atom.